The number of nitrogen functional groups attached to an aromatic ring is 1. The van der Waals surface area contributed by atoms with E-state index in [0.29, 0.717) is 0 Å². The maximum atomic E-state index is 11.7. The molecule has 0 bridgehead atoms. The van der Waals surface area contributed by atoms with Crippen LogP contribution in [0.4, 0.5) is 5.82 Å². The van der Waals surface area contributed by atoms with Crippen LogP contribution >= 0.6 is 0 Å². The second-order valence-electron chi connectivity index (χ2n) is 3.35. The standard InChI is InChI=1S/C11H10N4O/c1-14-11(16)9(7-12)10(13)15(14)8-5-3-2-4-6-8/h2-6H,13H2,1H3. The van der Waals surface area contributed by atoms with Crippen molar-refractivity contribution >= 4 is 5.82 Å². The molecule has 0 radical (unpaired) electrons. The summed E-state index contributed by atoms with van der Waals surface area (Å²) in [6.07, 6.45) is 0. The molecule has 0 fully saturated rings. The molecular weight excluding hydrogens is 204 g/mol. The first-order valence-electron chi connectivity index (χ1n) is 4.70. The Hall–Kier alpha value is -2.48. The van der Waals surface area contributed by atoms with Crippen molar-refractivity contribution in [3.63, 3.8) is 0 Å². The van der Waals surface area contributed by atoms with E-state index < -0.39 is 0 Å². The molecular formula is C11H10N4O. The van der Waals surface area contributed by atoms with E-state index in [-0.39, 0.29) is 16.9 Å². The van der Waals surface area contributed by atoms with Crippen molar-refractivity contribution in [3.05, 3.63) is 46.2 Å². The molecule has 0 saturated carbocycles. The van der Waals surface area contributed by atoms with Crippen molar-refractivity contribution in [3.8, 4) is 11.8 Å². The zero-order chi connectivity index (χ0) is 11.7. The lowest BCUT2D eigenvalue weighted by molar-refractivity contribution is 0.647. The zero-order valence-electron chi connectivity index (χ0n) is 8.71. The van der Waals surface area contributed by atoms with Crippen molar-refractivity contribution in [1.82, 2.24) is 9.36 Å². The minimum atomic E-state index is -0.385. The fraction of sp³-hybridized carbons (Fsp3) is 0.0909. The molecule has 0 aliphatic carbocycles. The smallest absolute Gasteiger partial charge is 0.286 e. The molecule has 80 valence electrons. The molecule has 0 aliphatic heterocycles. The van der Waals surface area contributed by atoms with Crippen LogP contribution in [0.5, 0.6) is 0 Å². The first-order chi connectivity index (χ1) is 7.66. The number of hydrogen-bond donors (Lipinski definition) is 1. The van der Waals surface area contributed by atoms with Crippen LogP contribution in [0.3, 0.4) is 0 Å². The molecule has 1 aromatic heterocycles. The summed E-state index contributed by atoms with van der Waals surface area (Å²) in [6.45, 7) is 0. The van der Waals surface area contributed by atoms with Crippen molar-refractivity contribution in [2.75, 3.05) is 5.73 Å². The molecule has 1 aromatic carbocycles. The predicted octanol–water partition coefficient (Wildman–Crippen LogP) is 0.630. The monoisotopic (exact) mass is 214 g/mol. The first kappa shape index (κ1) is 10.1. The summed E-state index contributed by atoms with van der Waals surface area (Å²) >= 11 is 0. The molecule has 0 saturated heterocycles. The van der Waals surface area contributed by atoms with E-state index >= 15 is 0 Å². The predicted molar refractivity (Wildman–Crippen MR) is 60.1 cm³/mol. The van der Waals surface area contributed by atoms with Crippen LogP contribution in [0.1, 0.15) is 5.56 Å². The third kappa shape index (κ3) is 1.28. The molecule has 0 amide bonds. The largest absolute Gasteiger partial charge is 0.382 e. The van der Waals surface area contributed by atoms with Crippen molar-refractivity contribution < 1.29 is 0 Å². The van der Waals surface area contributed by atoms with E-state index in [0.717, 1.165) is 5.69 Å². The lowest BCUT2D eigenvalue weighted by Gasteiger charge is -2.08. The summed E-state index contributed by atoms with van der Waals surface area (Å²) in [5.74, 6) is 0.168. The van der Waals surface area contributed by atoms with E-state index in [1.807, 2.05) is 36.4 Å². The van der Waals surface area contributed by atoms with Crippen LogP contribution in [0, 0.1) is 11.3 Å². The van der Waals surface area contributed by atoms with Gasteiger partial charge in [0.1, 0.15) is 11.9 Å². The Morgan fingerprint density at radius 3 is 2.44 bits per heavy atom. The molecule has 2 aromatic rings. The van der Waals surface area contributed by atoms with Crippen molar-refractivity contribution in [2.45, 2.75) is 0 Å². The van der Waals surface area contributed by atoms with Gasteiger partial charge in [-0.1, -0.05) is 18.2 Å². The Kier molecular flexibility index (Phi) is 2.25. The highest BCUT2D eigenvalue weighted by Gasteiger charge is 2.15. The zero-order valence-corrected chi connectivity index (χ0v) is 8.71. The summed E-state index contributed by atoms with van der Waals surface area (Å²) in [6, 6.07) is 11.0. The summed E-state index contributed by atoms with van der Waals surface area (Å²) in [7, 11) is 1.58. The first-order valence-corrected chi connectivity index (χ1v) is 4.70. The molecule has 0 atom stereocenters. The fourth-order valence-corrected chi connectivity index (χ4v) is 1.62. The van der Waals surface area contributed by atoms with Gasteiger partial charge in [0.05, 0.1) is 5.69 Å². The topological polar surface area (TPSA) is 76.7 Å². The summed E-state index contributed by atoms with van der Waals surface area (Å²) in [5, 5.41) is 8.83. The molecule has 2 N–H and O–H groups in total. The Bertz CT molecular complexity index is 616. The second kappa shape index (κ2) is 3.59. The molecule has 0 unspecified atom stereocenters. The van der Waals surface area contributed by atoms with E-state index in [9.17, 15) is 4.79 Å². The van der Waals surface area contributed by atoms with E-state index in [1.165, 1.54) is 9.36 Å². The molecule has 1 heterocycles. The average molecular weight is 214 g/mol. The number of benzene rings is 1. The van der Waals surface area contributed by atoms with Crippen LogP contribution in [0.15, 0.2) is 35.1 Å². The van der Waals surface area contributed by atoms with Gasteiger partial charge < -0.3 is 5.73 Å². The van der Waals surface area contributed by atoms with E-state index in [4.69, 9.17) is 11.0 Å². The Labute approximate surface area is 91.9 Å². The summed E-state index contributed by atoms with van der Waals surface area (Å²) in [5.41, 5.74) is 6.11. The van der Waals surface area contributed by atoms with Crippen LogP contribution in [0.25, 0.3) is 5.69 Å². The van der Waals surface area contributed by atoms with Crippen LogP contribution in [-0.2, 0) is 7.05 Å². The van der Waals surface area contributed by atoms with Gasteiger partial charge in [0, 0.05) is 7.05 Å². The molecule has 2 rings (SSSR count). The van der Waals surface area contributed by atoms with Gasteiger partial charge in [-0.2, -0.15) is 5.26 Å². The minimum absolute atomic E-state index is 0.0219. The van der Waals surface area contributed by atoms with Crippen LogP contribution in [-0.4, -0.2) is 9.36 Å². The number of anilines is 1. The van der Waals surface area contributed by atoms with Gasteiger partial charge in [-0.05, 0) is 12.1 Å². The number of nitrogens with zero attached hydrogens (tertiary/aromatic N) is 3. The van der Waals surface area contributed by atoms with Gasteiger partial charge in [-0.25, -0.2) is 9.36 Å². The van der Waals surface area contributed by atoms with Crippen LogP contribution in [0.2, 0.25) is 0 Å². The number of nitriles is 1. The maximum absolute atomic E-state index is 11.7. The highest BCUT2D eigenvalue weighted by molar-refractivity contribution is 5.52. The molecule has 0 spiro atoms. The number of rotatable bonds is 1. The Balaban J connectivity index is 2.78. The van der Waals surface area contributed by atoms with Gasteiger partial charge in [0.2, 0.25) is 0 Å². The van der Waals surface area contributed by atoms with Crippen molar-refractivity contribution in [2.24, 2.45) is 7.05 Å². The quantitative estimate of drug-likeness (QED) is 0.756. The number of para-hydroxylation sites is 1. The highest BCUT2D eigenvalue weighted by Crippen LogP contribution is 2.14. The van der Waals surface area contributed by atoms with E-state index in [1.54, 1.807) is 7.05 Å². The lowest BCUT2D eigenvalue weighted by Crippen LogP contribution is -2.19. The van der Waals surface area contributed by atoms with Gasteiger partial charge in [0.25, 0.3) is 5.56 Å². The van der Waals surface area contributed by atoms with Gasteiger partial charge in [-0.3, -0.25) is 4.79 Å². The van der Waals surface area contributed by atoms with Gasteiger partial charge in [-0.15, -0.1) is 0 Å². The maximum Gasteiger partial charge on any atom is 0.286 e. The lowest BCUT2D eigenvalue weighted by atomic mass is 10.3. The number of hydrogen-bond acceptors (Lipinski definition) is 3. The minimum Gasteiger partial charge on any atom is -0.382 e. The normalized spacial score (nSPS) is 10.0. The number of nitrogens with two attached hydrogens (primary N) is 1. The average Bonchev–Trinajstić information content (AvgIpc) is 2.51. The van der Waals surface area contributed by atoms with Gasteiger partial charge in [0.15, 0.2) is 5.56 Å². The molecule has 5 nitrogen and oxygen atoms in total. The Morgan fingerprint density at radius 1 is 1.31 bits per heavy atom. The Morgan fingerprint density at radius 2 is 1.94 bits per heavy atom. The van der Waals surface area contributed by atoms with Gasteiger partial charge >= 0.3 is 0 Å². The number of aromatic nitrogens is 2. The summed E-state index contributed by atoms with van der Waals surface area (Å²) < 4.78 is 2.84. The SMILES string of the molecule is Cn1c(=O)c(C#N)c(N)n1-c1ccccc1. The summed E-state index contributed by atoms with van der Waals surface area (Å²) in [4.78, 5) is 11.7. The fourth-order valence-electron chi connectivity index (χ4n) is 1.62. The highest BCUT2D eigenvalue weighted by atomic mass is 16.1. The third-order valence-electron chi connectivity index (χ3n) is 2.40. The molecule has 5 heteroatoms. The van der Waals surface area contributed by atoms with E-state index in [2.05, 4.69) is 0 Å². The van der Waals surface area contributed by atoms with Crippen molar-refractivity contribution in [1.29, 1.82) is 5.26 Å². The second-order valence-corrected chi connectivity index (χ2v) is 3.35. The third-order valence-corrected chi connectivity index (χ3v) is 2.40. The molecule has 0 aliphatic rings. The van der Waals surface area contributed by atoms with Crippen LogP contribution < -0.4 is 11.3 Å². The molecule has 16 heavy (non-hydrogen) atoms.